The molecule has 26 rings (SSSR count). The minimum absolute atomic E-state index is 0.0156. The highest BCUT2D eigenvalue weighted by molar-refractivity contribution is 6.38. The van der Waals surface area contributed by atoms with Crippen molar-refractivity contribution in [1.82, 2.24) is 66.1 Å². The van der Waals surface area contributed by atoms with Crippen LogP contribution in [0.2, 0.25) is 5.02 Å². The molecule has 13 aromatic carbocycles. The Bertz CT molecular complexity index is 7840. The van der Waals surface area contributed by atoms with Crippen molar-refractivity contribution in [1.29, 1.82) is 0 Å². The lowest BCUT2D eigenvalue weighted by molar-refractivity contribution is -0.114. The first-order valence-corrected chi connectivity index (χ1v) is 42.1. The van der Waals surface area contributed by atoms with Crippen molar-refractivity contribution in [3.8, 4) is 73.3 Å². The summed E-state index contributed by atoms with van der Waals surface area (Å²) >= 11 is 6.15. The van der Waals surface area contributed by atoms with Crippen LogP contribution >= 0.6 is 11.6 Å². The second-order valence-corrected chi connectivity index (χ2v) is 32.4. The predicted molar refractivity (Wildman–Crippen MR) is 493 cm³/mol. The van der Waals surface area contributed by atoms with Crippen molar-refractivity contribution in [2.24, 2.45) is 0 Å². The van der Waals surface area contributed by atoms with Crippen LogP contribution in [-0.2, 0) is 11.4 Å². The van der Waals surface area contributed by atoms with E-state index in [-0.39, 0.29) is 40.6 Å². The second kappa shape index (κ2) is 31.9. The Morgan fingerprint density at radius 3 is 1.20 bits per heavy atom. The van der Waals surface area contributed by atoms with Crippen LogP contribution in [0.5, 0.6) is 5.75 Å². The van der Waals surface area contributed by atoms with Gasteiger partial charge in [-0.1, -0.05) is 206 Å². The number of aromatic nitrogens is 12. The van der Waals surface area contributed by atoms with Crippen molar-refractivity contribution >= 4 is 135 Å². The lowest BCUT2D eigenvalue weighted by Crippen LogP contribution is -2.33. The standard InChI is InChI=1S/C21H22N4O.C21H14N2O2.C16H11N3O2.C16H13N3O.C14H7ClN2O.C14H8N2O/c26-21-15-7-3-2-6-14(15)20-18-17(23-24-20)9-8-16(19(18)21)22-10-13-25-11-4-1-5-12-25;24-21-15-9-4-10-16-18(15)20(23-22-16)14-8-5-11-17(19(14)21)25-12-13-6-2-1-3-7-13;1-8(20)17-11-6-7-12-13-14(11)16(21)10-5-3-2-4-9(10)15(13)19-18-12;1-19(2)12-8-7-11-13-14(12)16(20)10-6-4-3-5-9(10)15(13)18-17-11;15-9-5-1-3-7-11(9)14(18)8-4-2-6-10-12(8)13(7)17-16-10;17-14-9-5-2-1-4-8(9)13-12-10(14)6-3-7-11(12)15-16-13/h2-3,6-9,22H,1,4-5,10-13H2,(H,23,24);1-11H,12H2,(H,22,23);2-7H,1H3,(H,17,20)(H,18,19);3-8H,1-2H3,(H,17,18);1-6H,(H,16,17);1-7H,(H,15,16). The lowest BCUT2D eigenvalue weighted by Gasteiger charge is -2.27. The molecule has 1 aliphatic heterocycles. The lowest BCUT2D eigenvalue weighted by atomic mass is 9.86. The van der Waals surface area contributed by atoms with E-state index in [1.54, 1.807) is 18.2 Å². The summed E-state index contributed by atoms with van der Waals surface area (Å²) in [6.07, 6.45) is 3.94. The van der Waals surface area contributed by atoms with Crippen molar-refractivity contribution in [2.75, 3.05) is 55.8 Å². The smallest absolute Gasteiger partial charge is 0.221 e. The molecule has 0 bridgehead atoms. The first kappa shape index (κ1) is 78.1. The van der Waals surface area contributed by atoms with Crippen molar-refractivity contribution < 1.29 is 38.3 Å². The average molecular weight is 1690 g/mol. The molecule has 6 aliphatic carbocycles. The number of ketones is 6. The number of hydrogen-bond acceptors (Lipinski definition) is 17. The Balaban J connectivity index is 0.0000000934. The van der Waals surface area contributed by atoms with Gasteiger partial charge in [0.25, 0.3) is 0 Å². The van der Waals surface area contributed by atoms with Gasteiger partial charge in [0.05, 0.1) is 71.6 Å². The van der Waals surface area contributed by atoms with E-state index in [1.165, 1.54) is 39.3 Å². The van der Waals surface area contributed by atoms with E-state index < -0.39 is 0 Å². The molecule has 0 atom stereocenters. The molecule has 19 aromatic rings. The average Bonchev–Trinajstić information content (AvgIpc) is 1.86. The van der Waals surface area contributed by atoms with E-state index in [0.717, 1.165) is 196 Å². The van der Waals surface area contributed by atoms with Crippen molar-refractivity contribution in [2.45, 2.75) is 32.8 Å². The molecule has 618 valence electrons. The van der Waals surface area contributed by atoms with Gasteiger partial charge in [-0.2, -0.15) is 30.6 Å². The summed E-state index contributed by atoms with van der Waals surface area (Å²) in [5, 5.41) is 56.4. The summed E-state index contributed by atoms with van der Waals surface area (Å²) < 4.78 is 5.99. The van der Waals surface area contributed by atoms with E-state index >= 15 is 0 Å². The molecule has 127 heavy (non-hydrogen) atoms. The quantitative estimate of drug-likeness (QED) is 0.0665. The van der Waals surface area contributed by atoms with Crippen LogP contribution in [0.3, 0.4) is 0 Å². The number of likely N-dealkylation sites (tertiary alicyclic amines) is 1. The zero-order valence-electron chi connectivity index (χ0n) is 68.6. The summed E-state index contributed by atoms with van der Waals surface area (Å²) in [6, 6.07) is 79.8. The van der Waals surface area contributed by atoms with E-state index in [2.05, 4.69) is 76.7 Å². The van der Waals surface area contributed by atoms with Crippen LogP contribution in [0.1, 0.15) is 127 Å². The molecule has 1 saturated heterocycles. The van der Waals surface area contributed by atoms with Gasteiger partial charge in [-0.3, -0.25) is 64.2 Å². The van der Waals surface area contributed by atoms with Crippen LogP contribution < -0.4 is 20.3 Å². The molecule has 6 aromatic heterocycles. The van der Waals surface area contributed by atoms with Gasteiger partial charge in [0.2, 0.25) is 5.91 Å². The molecular weight excluding hydrogens is 1610 g/mol. The number of carbonyl (C=O) groups excluding carboxylic acids is 7. The Labute approximate surface area is 728 Å². The van der Waals surface area contributed by atoms with Gasteiger partial charge >= 0.3 is 0 Å². The number of aromatic amines is 6. The maximum absolute atomic E-state index is 13.2. The number of nitrogens with zero attached hydrogens (tertiary/aromatic N) is 8. The molecule has 0 saturated carbocycles. The fourth-order valence-corrected chi connectivity index (χ4v) is 18.7. The van der Waals surface area contributed by atoms with E-state index in [0.29, 0.717) is 56.4 Å². The number of H-pyrrole nitrogens is 6. The number of ether oxygens (including phenoxy) is 1. The fraction of sp³-hybridized carbons (Fsp3) is 0.108. The number of benzene rings is 13. The van der Waals surface area contributed by atoms with Crippen molar-refractivity contribution in [3.63, 3.8) is 0 Å². The monoisotopic (exact) mass is 1690 g/mol. The highest BCUT2D eigenvalue weighted by Crippen LogP contribution is 2.48. The summed E-state index contributed by atoms with van der Waals surface area (Å²) in [5.74, 6) is 0.492. The molecule has 1 amide bonds. The largest absolute Gasteiger partial charge is 0.488 e. The Morgan fingerprint density at radius 2 is 0.709 bits per heavy atom. The summed E-state index contributed by atoms with van der Waals surface area (Å²) in [6.45, 7) is 6.08. The Hall–Kier alpha value is -16.2. The van der Waals surface area contributed by atoms with E-state index in [1.807, 2.05) is 256 Å². The zero-order chi connectivity index (χ0) is 86.4. The van der Waals surface area contributed by atoms with Gasteiger partial charge in [0.15, 0.2) is 34.7 Å². The number of fused-ring (bicyclic) bond motifs is 12. The summed E-state index contributed by atoms with van der Waals surface area (Å²) in [7, 11) is 3.90. The normalized spacial score (nSPS) is 13.4. The predicted octanol–water partition coefficient (Wildman–Crippen LogP) is 19.8. The second-order valence-electron chi connectivity index (χ2n) is 32.0. The minimum atomic E-state index is -0.206. The van der Waals surface area contributed by atoms with Gasteiger partial charge < -0.3 is 25.2 Å². The molecule has 25 heteroatoms. The van der Waals surface area contributed by atoms with Crippen molar-refractivity contribution in [3.05, 3.63) is 332 Å². The molecule has 8 N–H and O–H groups in total. The molecule has 7 aliphatic rings. The third kappa shape index (κ3) is 13.3. The van der Waals surface area contributed by atoms with Crippen LogP contribution in [0.25, 0.3) is 133 Å². The molecule has 0 spiro atoms. The van der Waals surface area contributed by atoms with Gasteiger partial charge in [-0.15, -0.1) is 0 Å². The van der Waals surface area contributed by atoms with Gasteiger partial charge in [0.1, 0.15) is 46.5 Å². The summed E-state index contributed by atoms with van der Waals surface area (Å²) in [5.41, 5.74) is 26.9. The molecule has 0 unspecified atom stereocenters. The highest BCUT2D eigenvalue weighted by atomic mass is 35.5. The third-order valence-electron chi connectivity index (χ3n) is 24.3. The topological polar surface area (TPSA) is 331 Å². The molecular formula is C102H75ClN16O8. The number of amides is 1. The van der Waals surface area contributed by atoms with Crippen LogP contribution in [0.4, 0.5) is 17.1 Å². The number of anilines is 3. The van der Waals surface area contributed by atoms with E-state index in [4.69, 9.17) is 16.3 Å². The fourth-order valence-electron chi connectivity index (χ4n) is 18.5. The van der Waals surface area contributed by atoms with Gasteiger partial charge in [-0.05, 0) is 98.2 Å². The zero-order valence-corrected chi connectivity index (χ0v) is 69.4. The first-order valence-electron chi connectivity index (χ1n) is 41.7. The van der Waals surface area contributed by atoms with Gasteiger partial charge in [-0.25, -0.2) is 0 Å². The number of halogens is 1. The number of carbonyl (C=O) groups is 7. The maximum atomic E-state index is 13.2. The SMILES string of the molecule is CC(=O)Nc1ccc2[nH]nc3c2c1C(=O)c1ccccc1-3.CN(C)c1ccc2[nH]nc3c2c1C(=O)c1ccccc1-3.O=C1c2c(Cl)cccc2-c2n[nH]c3cccc1c23.O=C1c2c(OCc3ccccc3)cccc2-c2n[nH]c3cccc1c23.O=C1c2ccccc2-c2n[nH]c3ccc(NCCN4CCCCC4)c1c23.O=C1c2ccccc2-c2n[nH]c3cccc1c23. The van der Waals surface area contributed by atoms with Crippen LogP contribution in [-0.4, -0.2) is 147 Å². The molecule has 7 heterocycles. The number of hydrogen-bond donors (Lipinski definition) is 8. The van der Waals surface area contributed by atoms with E-state index in [9.17, 15) is 33.6 Å². The number of rotatable bonds is 9. The maximum Gasteiger partial charge on any atom is 0.221 e. The van der Waals surface area contributed by atoms with Crippen LogP contribution in [0, 0.1) is 0 Å². The molecule has 1 fully saturated rings. The molecule has 24 nitrogen and oxygen atoms in total. The van der Waals surface area contributed by atoms with Crippen LogP contribution in [0.15, 0.2) is 255 Å². The van der Waals surface area contributed by atoms with Gasteiger partial charge in [0, 0.05) is 150 Å². The summed E-state index contributed by atoms with van der Waals surface area (Å²) in [4.78, 5) is 92.6. The number of nitrogens with one attached hydrogen (secondary N) is 8. The minimum Gasteiger partial charge on any atom is -0.488 e. The highest BCUT2D eigenvalue weighted by Gasteiger charge is 2.37. The first-order chi connectivity index (χ1) is 62.1. The molecule has 0 radical (unpaired) electrons. The Morgan fingerprint density at radius 1 is 0.354 bits per heavy atom. The third-order valence-corrected chi connectivity index (χ3v) is 24.6. The Kier molecular flexibility index (Phi) is 19.6. The number of piperidine rings is 1.